The number of amides is 1. The van der Waals surface area contributed by atoms with Crippen molar-refractivity contribution in [2.24, 2.45) is 0 Å². The van der Waals surface area contributed by atoms with E-state index in [2.05, 4.69) is 38.7 Å². The largest absolute Gasteiger partial charge is 0.322 e. The maximum absolute atomic E-state index is 12.9. The Kier molecular flexibility index (Phi) is 5.44. The predicted molar refractivity (Wildman–Crippen MR) is 128 cm³/mol. The average molecular weight is 437 g/mol. The molecule has 0 spiro atoms. The van der Waals surface area contributed by atoms with Crippen LogP contribution < -0.4 is 5.32 Å². The van der Waals surface area contributed by atoms with Crippen LogP contribution in [0.5, 0.6) is 0 Å². The Bertz CT molecular complexity index is 1430. The van der Waals surface area contributed by atoms with Gasteiger partial charge in [-0.2, -0.15) is 10.2 Å². The number of nitrogens with one attached hydrogen (secondary N) is 1. The summed E-state index contributed by atoms with van der Waals surface area (Å²) in [6, 6.07) is 21.8. The molecule has 7 nitrogen and oxygen atoms in total. The number of aryl methyl sites for hydroxylation is 2. The van der Waals surface area contributed by atoms with Gasteiger partial charge < -0.3 is 5.32 Å². The fourth-order valence-electron chi connectivity index (χ4n) is 3.93. The molecule has 0 bridgehead atoms. The van der Waals surface area contributed by atoms with Gasteiger partial charge in [0, 0.05) is 23.0 Å². The summed E-state index contributed by atoms with van der Waals surface area (Å²) >= 11 is 0. The zero-order valence-electron chi connectivity index (χ0n) is 18.6. The number of benzene rings is 2. The van der Waals surface area contributed by atoms with Crippen molar-refractivity contribution in [1.82, 2.24) is 24.5 Å². The van der Waals surface area contributed by atoms with Crippen LogP contribution in [0.1, 0.15) is 32.9 Å². The lowest BCUT2D eigenvalue weighted by atomic mass is 10.1. The molecule has 1 N–H and O–H groups in total. The number of rotatable bonds is 6. The highest BCUT2D eigenvalue weighted by Gasteiger charge is 2.12. The van der Waals surface area contributed by atoms with E-state index in [0.29, 0.717) is 18.7 Å². The second-order valence-corrected chi connectivity index (χ2v) is 8.16. The number of anilines is 1. The molecule has 0 aliphatic rings. The molecule has 0 saturated heterocycles. The predicted octanol–water partition coefficient (Wildman–Crippen LogP) is 4.59. The highest BCUT2D eigenvalue weighted by atomic mass is 16.1. The van der Waals surface area contributed by atoms with Gasteiger partial charge in [-0.3, -0.25) is 9.48 Å². The number of carbonyl (C=O) groups is 1. The Hall–Kier alpha value is -4.26. The van der Waals surface area contributed by atoms with Crippen LogP contribution >= 0.6 is 0 Å². The van der Waals surface area contributed by atoms with Crippen LogP contribution in [0, 0.1) is 13.8 Å². The molecule has 0 fully saturated rings. The normalized spacial score (nSPS) is 11.1. The van der Waals surface area contributed by atoms with E-state index in [-0.39, 0.29) is 5.91 Å². The van der Waals surface area contributed by atoms with Gasteiger partial charge in [-0.1, -0.05) is 42.5 Å². The lowest BCUT2D eigenvalue weighted by molar-refractivity contribution is 0.102. The van der Waals surface area contributed by atoms with Gasteiger partial charge >= 0.3 is 0 Å². The molecule has 0 aliphatic heterocycles. The summed E-state index contributed by atoms with van der Waals surface area (Å²) in [7, 11) is 0. The van der Waals surface area contributed by atoms with Crippen LogP contribution in [-0.2, 0) is 13.1 Å². The summed E-state index contributed by atoms with van der Waals surface area (Å²) in [6.07, 6.45) is 3.34. The summed E-state index contributed by atoms with van der Waals surface area (Å²) in [5.74, 6) is -0.205. The molecule has 33 heavy (non-hydrogen) atoms. The van der Waals surface area contributed by atoms with Crippen molar-refractivity contribution in [1.29, 1.82) is 0 Å². The van der Waals surface area contributed by atoms with Gasteiger partial charge in [0.2, 0.25) is 0 Å². The van der Waals surface area contributed by atoms with E-state index in [0.717, 1.165) is 39.2 Å². The fraction of sp³-hybridized carbons (Fsp3) is 0.154. The van der Waals surface area contributed by atoms with Crippen molar-refractivity contribution in [3.05, 3.63) is 107 Å². The Labute approximate surface area is 191 Å². The van der Waals surface area contributed by atoms with Gasteiger partial charge in [0.15, 0.2) is 5.65 Å². The van der Waals surface area contributed by atoms with Gasteiger partial charge in [-0.05, 0) is 49.2 Å². The molecular formula is C26H24N6O. The van der Waals surface area contributed by atoms with E-state index in [1.807, 2.05) is 71.7 Å². The molecule has 0 radical (unpaired) electrons. The third-order valence-corrected chi connectivity index (χ3v) is 5.53. The smallest absolute Gasteiger partial charge is 0.257 e. The monoisotopic (exact) mass is 436 g/mol. The Morgan fingerprint density at radius 1 is 0.879 bits per heavy atom. The van der Waals surface area contributed by atoms with Crippen molar-refractivity contribution in [2.75, 3.05) is 5.32 Å². The van der Waals surface area contributed by atoms with Gasteiger partial charge in [0.05, 0.1) is 30.5 Å². The molecule has 7 heteroatoms. The molecule has 3 heterocycles. The molecule has 0 atom stereocenters. The number of pyridine rings is 1. The molecule has 0 saturated carbocycles. The van der Waals surface area contributed by atoms with E-state index < -0.39 is 0 Å². The lowest BCUT2D eigenvalue weighted by Crippen LogP contribution is -2.13. The lowest BCUT2D eigenvalue weighted by Gasteiger charge is -2.09. The fourth-order valence-corrected chi connectivity index (χ4v) is 3.93. The van der Waals surface area contributed by atoms with Crippen LogP contribution in [0.2, 0.25) is 0 Å². The summed E-state index contributed by atoms with van der Waals surface area (Å²) in [5, 5.41) is 12.8. The Morgan fingerprint density at radius 3 is 2.45 bits per heavy atom. The zero-order chi connectivity index (χ0) is 22.8. The number of hydrogen-bond acceptors (Lipinski definition) is 4. The first-order valence-corrected chi connectivity index (χ1v) is 10.8. The van der Waals surface area contributed by atoms with Crippen LogP contribution in [0.4, 0.5) is 5.69 Å². The third kappa shape index (κ3) is 4.52. The molecule has 0 aliphatic carbocycles. The molecule has 164 valence electrons. The van der Waals surface area contributed by atoms with E-state index in [4.69, 9.17) is 0 Å². The summed E-state index contributed by atoms with van der Waals surface area (Å²) in [4.78, 5) is 17.4. The first kappa shape index (κ1) is 20.6. The van der Waals surface area contributed by atoms with E-state index >= 15 is 0 Å². The quantitative estimate of drug-likeness (QED) is 0.422. The van der Waals surface area contributed by atoms with E-state index in [1.165, 1.54) is 0 Å². The van der Waals surface area contributed by atoms with Crippen LogP contribution in [0.25, 0.3) is 11.0 Å². The molecule has 1 amide bonds. The van der Waals surface area contributed by atoms with Crippen molar-refractivity contribution >= 4 is 22.6 Å². The second kappa shape index (κ2) is 8.70. The van der Waals surface area contributed by atoms with Gasteiger partial charge in [0.1, 0.15) is 0 Å². The number of fused-ring (bicyclic) bond motifs is 1. The molecule has 0 unspecified atom stereocenters. The summed E-state index contributed by atoms with van der Waals surface area (Å²) in [6.45, 7) is 5.30. The SMILES string of the molecule is Cc1cc(C)n(Cc2cccc(NC(=O)c3cnc4c(cnn4Cc4ccccc4)c3)c2)n1. The maximum Gasteiger partial charge on any atom is 0.257 e. The standard InChI is InChI=1S/C26H24N6O/c1-18-11-19(2)31(30-18)17-21-9-6-10-24(12-21)29-26(33)23-13-22-15-28-32(25(22)27-14-23)16-20-7-4-3-5-8-20/h3-15H,16-17H2,1-2H3,(H,29,33). The van der Waals surface area contributed by atoms with E-state index in [1.54, 1.807) is 12.4 Å². The minimum Gasteiger partial charge on any atom is -0.322 e. The van der Waals surface area contributed by atoms with Gasteiger partial charge in [0.25, 0.3) is 5.91 Å². The Balaban J connectivity index is 1.31. The van der Waals surface area contributed by atoms with Crippen molar-refractivity contribution < 1.29 is 4.79 Å². The number of nitrogens with zero attached hydrogens (tertiary/aromatic N) is 5. The maximum atomic E-state index is 12.9. The molecule has 2 aromatic carbocycles. The minimum atomic E-state index is -0.205. The van der Waals surface area contributed by atoms with Crippen LogP contribution in [0.3, 0.4) is 0 Å². The molecule has 5 aromatic rings. The van der Waals surface area contributed by atoms with Crippen molar-refractivity contribution in [2.45, 2.75) is 26.9 Å². The number of carbonyl (C=O) groups excluding carboxylic acids is 1. The van der Waals surface area contributed by atoms with Crippen LogP contribution in [0.15, 0.2) is 79.1 Å². The summed E-state index contributed by atoms with van der Waals surface area (Å²) in [5.41, 5.74) is 6.29. The summed E-state index contributed by atoms with van der Waals surface area (Å²) < 4.78 is 3.80. The number of hydrogen-bond donors (Lipinski definition) is 1. The van der Waals surface area contributed by atoms with Gasteiger partial charge in [-0.25, -0.2) is 9.67 Å². The topological polar surface area (TPSA) is 77.6 Å². The molecular weight excluding hydrogens is 412 g/mol. The molecule has 3 aromatic heterocycles. The van der Waals surface area contributed by atoms with Crippen LogP contribution in [-0.4, -0.2) is 30.5 Å². The van der Waals surface area contributed by atoms with E-state index in [9.17, 15) is 4.79 Å². The third-order valence-electron chi connectivity index (χ3n) is 5.53. The van der Waals surface area contributed by atoms with Crippen molar-refractivity contribution in [3.63, 3.8) is 0 Å². The van der Waals surface area contributed by atoms with Crippen molar-refractivity contribution in [3.8, 4) is 0 Å². The molecule has 5 rings (SSSR count). The average Bonchev–Trinajstić information content (AvgIpc) is 3.36. The zero-order valence-corrected chi connectivity index (χ0v) is 18.6. The first-order chi connectivity index (χ1) is 16.0. The minimum absolute atomic E-state index is 0.205. The number of aromatic nitrogens is 5. The highest BCUT2D eigenvalue weighted by Crippen LogP contribution is 2.18. The van der Waals surface area contributed by atoms with Gasteiger partial charge in [-0.15, -0.1) is 0 Å². The first-order valence-electron chi connectivity index (χ1n) is 10.8. The second-order valence-electron chi connectivity index (χ2n) is 8.16. The Morgan fingerprint density at radius 2 is 1.67 bits per heavy atom. The highest BCUT2D eigenvalue weighted by molar-refractivity contribution is 6.05.